The molecule has 0 radical (unpaired) electrons. The van der Waals surface area contributed by atoms with E-state index in [4.69, 9.17) is 0 Å². The van der Waals surface area contributed by atoms with Gasteiger partial charge in [-0.2, -0.15) is 4.98 Å². The van der Waals surface area contributed by atoms with Gasteiger partial charge in [0.05, 0.1) is 18.8 Å². The van der Waals surface area contributed by atoms with Gasteiger partial charge in [-0.1, -0.05) is 0 Å². The third kappa shape index (κ3) is 3.28. The Balaban J connectivity index is 1.50. The highest BCUT2D eigenvalue weighted by Crippen LogP contribution is 2.39. The molecular weight excluding hydrogens is 383 g/mol. The summed E-state index contributed by atoms with van der Waals surface area (Å²) in [6.07, 6.45) is 2.01. The molecule has 4 heterocycles. The van der Waals surface area contributed by atoms with Gasteiger partial charge in [0.15, 0.2) is 5.65 Å². The third-order valence-electron chi connectivity index (χ3n) is 5.17. The Hall–Kier alpha value is -3.17. The van der Waals surface area contributed by atoms with Crippen LogP contribution in [0.15, 0.2) is 24.5 Å². The number of H-pyrrole nitrogens is 1. The second-order valence-corrected chi connectivity index (χ2v) is 7.36. The van der Waals surface area contributed by atoms with E-state index in [1.165, 1.54) is 4.57 Å². The molecule has 0 bridgehead atoms. The van der Waals surface area contributed by atoms with Crippen LogP contribution in [0.2, 0.25) is 0 Å². The number of anilines is 1. The molecule has 0 spiro atoms. The van der Waals surface area contributed by atoms with Gasteiger partial charge in [-0.25, -0.2) is 28.1 Å². The summed E-state index contributed by atoms with van der Waals surface area (Å²) in [4.78, 5) is 20.6. The number of alkyl halides is 3. The van der Waals surface area contributed by atoms with Crippen LogP contribution in [0, 0.1) is 6.92 Å². The Morgan fingerprint density at radius 2 is 2.07 bits per heavy atom. The SMILES string of the molecule is Cc1nc2ccc(-c3c[nH]c4nc(NCC5(F)CC5)ncc34)nc2n1CC(F)F. The van der Waals surface area contributed by atoms with Crippen molar-refractivity contribution < 1.29 is 13.2 Å². The van der Waals surface area contributed by atoms with Crippen molar-refractivity contribution in [3.05, 3.63) is 30.4 Å². The average molecular weight is 401 g/mol. The van der Waals surface area contributed by atoms with E-state index in [-0.39, 0.29) is 6.54 Å². The Morgan fingerprint density at radius 3 is 2.83 bits per heavy atom. The van der Waals surface area contributed by atoms with Crippen LogP contribution >= 0.6 is 0 Å². The Bertz CT molecular complexity index is 1210. The number of halogens is 3. The highest BCUT2D eigenvalue weighted by Gasteiger charge is 2.43. The zero-order valence-corrected chi connectivity index (χ0v) is 15.6. The number of aromatic amines is 1. The standard InChI is InChI=1S/C19H18F3N7/c1-10-26-14-3-2-13(27-17(14)29(10)8-15(20)21)11-6-23-16-12(11)7-24-18(28-16)25-9-19(22)4-5-19/h2-3,6-7,15H,4-5,8-9H2,1H3,(H2,23,24,25,28). The number of rotatable bonds is 6. The smallest absolute Gasteiger partial charge is 0.256 e. The molecule has 4 aromatic heterocycles. The lowest BCUT2D eigenvalue weighted by Gasteiger charge is -2.07. The lowest BCUT2D eigenvalue weighted by atomic mass is 10.1. The van der Waals surface area contributed by atoms with E-state index in [0.29, 0.717) is 47.1 Å². The van der Waals surface area contributed by atoms with Crippen molar-refractivity contribution in [3.8, 4) is 11.3 Å². The van der Waals surface area contributed by atoms with Crippen LogP contribution in [0.25, 0.3) is 33.5 Å². The maximum absolute atomic E-state index is 13.8. The van der Waals surface area contributed by atoms with Gasteiger partial charge in [0.1, 0.15) is 22.7 Å². The van der Waals surface area contributed by atoms with Crippen molar-refractivity contribution in [3.63, 3.8) is 0 Å². The Morgan fingerprint density at radius 1 is 1.24 bits per heavy atom. The van der Waals surface area contributed by atoms with E-state index in [1.807, 2.05) is 0 Å². The molecule has 0 atom stereocenters. The normalized spacial score (nSPS) is 15.5. The zero-order valence-electron chi connectivity index (χ0n) is 15.6. The molecule has 0 unspecified atom stereocenters. The molecule has 1 fully saturated rings. The van der Waals surface area contributed by atoms with Gasteiger partial charge in [0.25, 0.3) is 6.43 Å². The summed E-state index contributed by atoms with van der Waals surface area (Å²) in [6, 6.07) is 3.55. The van der Waals surface area contributed by atoms with Gasteiger partial charge in [-0.3, -0.25) is 0 Å². The minimum atomic E-state index is -2.50. The van der Waals surface area contributed by atoms with Crippen molar-refractivity contribution in [2.24, 2.45) is 0 Å². The molecule has 4 aromatic rings. The molecular formula is C19H18F3N7. The summed E-state index contributed by atoms with van der Waals surface area (Å²) in [5.41, 5.74) is 1.77. The number of fused-ring (bicyclic) bond motifs is 2. The number of aryl methyl sites for hydroxylation is 1. The minimum absolute atomic E-state index is 0.192. The van der Waals surface area contributed by atoms with Crippen LogP contribution in [0.5, 0.6) is 0 Å². The van der Waals surface area contributed by atoms with Gasteiger partial charge < -0.3 is 14.9 Å². The van der Waals surface area contributed by atoms with Crippen LogP contribution in [0.4, 0.5) is 19.1 Å². The molecule has 5 rings (SSSR count). The van der Waals surface area contributed by atoms with Crippen LogP contribution in [-0.2, 0) is 6.54 Å². The fraction of sp³-hybridized carbons (Fsp3) is 0.368. The molecule has 0 saturated heterocycles. The molecule has 1 aliphatic rings. The molecule has 1 saturated carbocycles. The molecule has 0 aliphatic heterocycles. The topological polar surface area (TPSA) is 84.3 Å². The van der Waals surface area contributed by atoms with E-state index < -0.39 is 18.6 Å². The molecule has 29 heavy (non-hydrogen) atoms. The van der Waals surface area contributed by atoms with Gasteiger partial charge >= 0.3 is 0 Å². The second kappa shape index (κ2) is 6.43. The summed E-state index contributed by atoms with van der Waals surface area (Å²) >= 11 is 0. The molecule has 10 heteroatoms. The van der Waals surface area contributed by atoms with Crippen LogP contribution in [0.3, 0.4) is 0 Å². The first-order chi connectivity index (χ1) is 13.9. The number of imidazole rings is 1. The lowest BCUT2D eigenvalue weighted by molar-refractivity contribution is 0.127. The van der Waals surface area contributed by atoms with Crippen molar-refractivity contribution in [2.45, 2.75) is 38.4 Å². The van der Waals surface area contributed by atoms with Gasteiger partial charge in [-0.15, -0.1) is 0 Å². The summed E-state index contributed by atoms with van der Waals surface area (Å²) < 4.78 is 41.1. The molecule has 0 amide bonds. The molecule has 7 nitrogen and oxygen atoms in total. The summed E-state index contributed by atoms with van der Waals surface area (Å²) in [7, 11) is 0. The first-order valence-electron chi connectivity index (χ1n) is 9.31. The largest absolute Gasteiger partial charge is 0.351 e. The van der Waals surface area contributed by atoms with Gasteiger partial charge in [0, 0.05) is 23.3 Å². The van der Waals surface area contributed by atoms with Gasteiger partial charge in [-0.05, 0) is 31.9 Å². The Kier molecular flexibility index (Phi) is 3.97. The Labute approximate surface area is 163 Å². The monoisotopic (exact) mass is 401 g/mol. The molecule has 150 valence electrons. The van der Waals surface area contributed by atoms with Crippen LogP contribution < -0.4 is 5.32 Å². The molecule has 1 aliphatic carbocycles. The first kappa shape index (κ1) is 17.9. The highest BCUT2D eigenvalue weighted by atomic mass is 19.3. The fourth-order valence-electron chi connectivity index (χ4n) is 3.38. The number of hydrogen-bond acceptors (Lipinski definition) is 5. The van der Waals surface area contributed by atoms with Crippen molar-refractivity contribution in [2.75, 3.05) is 11.9 Å². The first-order valence-corrected chi connectivity index (χ1v) is 9.31. The quantitative estimate of drug-likeness (QED) is 0.513. The van der Waals surface area contributed by atoms with Crippen molar-refractivity contribution in [1.29, 1.82) is 0 Å². The predicted molar refractivity (Wildman–Crippen MR) is 103 cm³/mol. The molecule has 0 aromatic carbocycles. The highest BCUT2D eigenvalue weighted by molar-refractivity contribution is 5.93. The van der Waals surface area contributed by atoms with E-state index >= 15 is 0 Å². The number of aromatic nitrogens is 6. The maximum Gasteiger partial charge on any atom is 0.256 e. The number of hydrogen-bond donors (Lipinski definition) is 2. The van der Waals surface area contributed by atoms with Crippen molar-refractivity contribution in [1.82, 2.24) is 29.5 Å². The predicted octanol–water partition coefficient (Wildman–Crippen LogP) is 3.86. The lowest BCUT2D eigenvalue weighted by Crippen LogP contribution is -2.17. The maximum atomic E-state index is 13.8. The minimum Gasteiger partial charge on any atom is -0.351 e. The van der Waals surface area contributed by atoms with Crippen molar-refractivity contribution >= 4 is 28.1 Å². The molecule has 2 N–H and O–H groups in total. The third-order valence-corrected chi connectivity index (χ3v) is 5.17. The average Bonchev–Trinajstić information content (AvgIpc) is 3.16. The second-order valence-electron chi connectivity index (χ2n) is 7.36. The zero-order chi connectivity index (χ0) is 20.2. The number of nitrogens with one attached hydrogen (secondary N) is 2. The fourth-order valence-corrected chi connectivity index (χ4v) is 3.38. The summed E-state index contributed by atoms with van der Waals surface area (Å²) in [6.45, 7) is 1.42. The van der Waals surface area contributed by atoms with E-state index in [2.05, 4.69) is 30.2 Å². The van der Waals surface area contributed by atoms with Crippen LogP contribution in [-0.4, -0.2) is 48.1 Å². The van der Waals surface area contributed by atoms with E-state index in [1.54, 1.807) is 31.5 Å². The van der Waals surface area contributed by atoms with Crippen LogP contribution in [0.1, 0.15) is 18.7 Å². The van der Waals surface area contributed by atoms with Gasteiger partial charge in [0.2, 0.25) is 5.95 Å². The summed E-state index contributed by atoms with van der Waals surface area (Å²) in [5, 5.41) is 3.66. The summed E-state index contributed by atoms with van der Waals surface area (Å²) in [5.74, 6) is 0.841. The number of nitrogens with zero attached hydrogens (tertiary/aromatic N) is 5. The number of pyridine rings is 1. The van der Waals surface area contributed by atoms with E-state index in [9.17, 15) is 13.2 Å². The van der Waals surface area contributed by atoms with E-state index in [0.717, 1.165) is 10.9 Å².